The summed E-state index contributed by atoms with van der Waals surface area (Å²) in [6, 6.07) is 8.16. The molecule has 3 rings (SSSR count). The highest BCUT2D eigenvalue weighted by molar-refractivity contribution is 6.03. The van der Waals surface area contributed by atoms with E-state index in [9.17, 15) is 27.6 Å². The van der Waals surface area contributed by atoms with Crippen LogP contribution in [0.3, 0.4) is 0 Å². The Labute approximate surface area is 164 Å². The van der Waals surface area contributed by atoms with Crippen LogP contribution in [0.25, 0.3) is 0 Å². The molecule has 0 atom stereocenters. The van der Waals surface area contributed by atoms with Crippen molar-refractivity contribution in [1.82, 2.24) is 9.88 Å². The number of hydrogen-bond acceptors (Lipinski definition) is 3. The summed E-state index contributed by atoms with van der Waals surface area (Å²) in [5.74, 6) is -1.04. The molecule has 2 amide bonds. The van der Waals surface area contributed by atoms with Crippen molar-refractivity contribution in [3.05, 3.63) is 64.1 Å². The van der Waals surface area contributed by atoms with Gasteiger partial charge in [0, 0.05) is 12.2 Å². The van der Waals surface area contributed by atoms with Gasteiger partial charge in [0.25, 0.3) is 11.5 Å². The van der Waals surface area contributed by atoms with Gasteiger partial charge >= 0.3 is 6.18 Å². The smallest absolute Gasteiger partial charge is 0.349 e. The van der Waals surface area contributed by atoms with Crippen LogP contribution in [0.5, 0.6) is 0 Å². The van der Waals surface area contributed by atoms with E-state index in [4.69, 9.17) is 0 Å². The van der Waals surface area contributed by atoms with Crippen molar-refractivity contribution in [3.63, 3.8) is 0 Å². The van der Waals surface area contributed by atoms with Crippen LogP contribution in [0.1, 0.15) is 41.6 Å². The quantitative estimate of drug-likeness (QED) is 0.799. The minimum absolute atomic E-state index is 0.0925. The lowest BCUT2D eigenvalue weighted by atomic mass is 10.1. The number of nitrogens with one attached hydrogen (secondary N) is 2. The van der Waals surface area contributed by atoms with Crippen LogP contribution in [-0.2, 0) is 17.5 Å². The first-order valence-corrected chi connectivity index (χ1v) is 9.22. The fraction of sp³-hybridized carbons (Fsp3) is 0.350. The zero-order valence-electron chi connectivity index (χ0n) is 15.5. The molecule has 2 aromatic rings. The Morgan fingerprint density at radius 3 is 2.45 bits per heavy atom. The SMILES string of the molecule is O=C(Cn1cccc(C(F)(F)F)c1=O)Nc1ccccc1C(=O)NC1CCCC1. The average Bonchev–Trinajstić information content (AvgIpc) is 3.16. The third kappa shape index (κ3) is 5.04. The Bertz CT molecular complexity index is 963. The largest absolute Gasteiger partial charge is 0.421 e. The number of para-hydroxylation sites is 1. The Hall–Kier alpha value is -3.10. The molecule has 0 radical (unpaired) electrons. The number of aromatic nitrogens is 1. The number of carbonyl (C=O) groups excluding carboxylic acids is 2. The second-order valence-corrected chi connectivity index (χ2v) is 6.90. The maximum atomic E-state index is 12.9. The minimum Gasteiger partial charge on any atom is -0.349 e. The van der Waals surface area contributed by atoms with Crippen LogP contribution in [0, 0.1) is 0 Å². The van der Waals surface area contributed by atoms with Crippen LogP contribution < -0.4 is 16.2 Å². The normalized spacial score (nSPS) is 14.6. The highest BCUT2D eigenvalue weighted by Crippen LogP contribution is 2.26. The molecular weight excluding hydrogens is 387 g/mol. The molecule has 1 aromatic heterocycles. The summed E-state index contributed by atoms with van der Waals surface area (Å²) in [5.41, 5.74) is -2.16. The second kappa shape index (κ2) is 8.50. The van der Waals surface area contributed by atoms with Gasteiger partial charge in [-0.15, -0.1) is 0 Å². The van der Waals surface area contributed by atoms with Gasteiger partial charge in [-0.3, -0.25) is 14.4 Å². The van der Waals surface area contributed by atoms with Crippen molar-refractivity contribution in [3.8, 4) is 0 Å². The zero-order chi connectivity index (χ0) is 21.0. The molecule has 1 aromatic carbocycles. The Balaban J connectivity index is 1.73. The Morgan fingerprint density at radius 1 is 1.07 bits per heavy atom. The molecule has 1 heterocycles. The van der Waals surface area contributed by atoms with Crippen LogP contribution in [0.15, 0.2) is 47.4 Å². The summed E-state index contributed by atoms with van der Waals surface area (Å²) < 4.78 is 39.3. The van der Waals surface area contributed by atoms with E-state index in [1.54, 1.807) is 18.2 Å². The number of rotatable bonds is 5. The number of carbonyl (C=O) groups is 2. The number of anilines is 1. The lowest BCUT2D eigenvalue weighted by molar-refractivity contribution is -0.139. The molecule has 1 aliphatic carbocycles. The first kappa shape index (κ1) is 20.6. The number of benzene rings is 1. The van der Waals surface area contributed by atoms with E-state index < -0.39 is 29.8 Å². The van der Waals surface area contributed by atoms with E-state index in [1.807, 2.05) is 0 Å². The molecule has 1 aliphatic rings. The molecule has 6 nitrogen and oxygen atoms in total. The summed E-state index contributed by atoms with van der Waals surface area (Å²) in [6.07, 6.45) is 0.207. The van der Waals surface area contributed by atoms with Gasteiger partial charge in [0.05, 0.1) is 11.3 Å². The van der Waals surface area contributed by atoms with E-state index in [-0.39, 0.29) is 23.2 Å². The van der Waals surface area contributed by atoms with Gasteiger partial charge in [-0.05, 0) is 37.1 Å². The predicted octanol–water partition coefficient (Wildman–Crippen LogP) is 3.18. The zero-order valence-corrected chi connectivity index (χ0v) is 15.5. The molecule has 0 saturated heterocycles. The number of amides is 2. The lowest BCUT2D eigenvalue weighted by Gasteiger charge is -2.15. The molecule has 0 aliphatic heterocycles. The number of hydrogen-bond donors (Lipinski definition) is 2. The van der Waals surface area contributed by atoms with Crippen LogP contribution in [-0.4, -0.2) is 22.4 Å². The van der Waals surface area contributed by atoms with Crippen molar-refractivity contribution in [1.29, 1.82) is 0 Å². The molecule has 154 valence electrons. The summed E-state index contributed by atoms with van der Waals surface area (Å²) >= 11 is 0. The van der Waals surface area contributed by atoms with Crippen molar-refractivity contribution in [2.45, 2.75) is 44.4 Å². The molecule has 9 heteroatoms. The summed E-state index contributed by atoms with van der Waals surface area (Å²) in [6.45, 7) is -0.610. The maximum absolute atomic E-state index is 12.9. The molecule has 0 bridgehead atoms. The molecule has 29 heavy (non-hydrogen) atoms. The fourth-order valence-corrected chi connectivity index (χ4v) is 3.34. The monoisotopic (exact) mass is 407 g/mol. The van der Waals surface area contributed by atoms with Crippen molar-refractivity contribution in [2.24, 2.45) is 0 Å². The lowest BCUT2D eigenvalue weighted by Crippen LogP contribution is -2.34. The van der Waals surface area contributed by atoms with Gasteiger partial charge in [-0.1, -0.05) is 25.0 Å². The van der Waals surface area contributed by atoms with E-state index in [2.05, 4.69) is 10.6 Å². The third-order valence-corrected chi connectivity index (χ3v) is 4.78. The van der Waals surface area contributed by atoms with Crippen molar-refractivity contribution in [2.75, 3.05) is 5.32 Å². The van der Waals surface area contributed by atoms with E-state index in [0.717, 1.165) is 37.9 Å². The van der Waals surface area contributed by atoms with Crippen LogP contribution in [0.4, 0.5) is 18.9 Å². The van der Waals surface area contributed by atoms with Gasteiger partial charge in [0.2, 0.25) is 5.91 Å². The number of halogens is 3. The van der Waals surface area contributed by atoms with Gasteiger partial charge < -0.3 is 15.2 Å². The molecule has 1 fully saturated rings. The van der Waals surface area contributed by atoms with Gasteiger partial charge in [-0.2, -0.15) is 13.2 Å². The van der Waals surface area contributed by atoms with Crippen LogP contribution in [0.2, 0.25) is 0 Å². The molecule has 2 N–H and O–H groups in total. The van der Waals surface area contributed by atoms with Crippen LogP contribution >= 0.6 is 0 Å². The molecular formula is C20H20F3N3O3. The standard InChI is InChI=1S/C20H20F3N3O3/c21-20(22,23)15-9-5-11-26(19(15)29)12-17(27)25-16-10-4-3-8-14(16)18(28)24-13-6-1-2-7-13/h3-5,8-11,13H,1-2,6-7,12H2,(H,24,28)(H,25,27). The van der Waals surface area contributed by atoms with Gasteiger partial charge in [0.1, 0.15) is 12.1 Å². The van der Waals surface area contributed by atoms with E-state index in [1.165, 1.54) is 6.07 Å². The average molecular weight is 407 g/mol. The molecule has 0 spiro atoms. The number of pyridine rings is 1. The Morgan fingerprint density at radius 2 is 1.76 bits per heavy atom. The van der Waals surface area contributed by atoms with Crippen molar-refractivity contribution >= 4 is 17.5 Å². The highest BCUT2D eigenvalue weighted by Gasteiger charge is 2.34. The first-order valence-electron chi connectivity index (χ1n) is 9.22. The second-order valence-electron chi connectivity index (χ2n) is 6.90. The highest BCUT2D eigenvalue weighted by atomic mass is 19.4. The predicted molar refractivity (Wildman–Crippen MR) is 100 cm³/mol. The molecule has 1 saturated carbocycles. The minimum atomic E-state index is -4.80. The van der Waals surface area contributed by atoms with E-state index >= 15 is 0 Å². The molecule has 0 unspecified atom stereocenters. The third-order valence-electron chi connectivity index (χ3n) is 4.78. The van der Waals surface area contributed by atoms with Gasteiger partial charge in [0.15, 0.2) is 0 Å². The number of alkyl halides is 3. The summed E-state index contributed by atoms with van der Waals surface area (Å²) in [5, 5.41) is 5.43. The Kier molecular flexibility index (Phi) is 6.05. The summed E-state index contributed by atoms with van der Waals surface area (Å²) in [4.78, 5) is 36.8. The van der Waals surface area contributed by atoms with E-state index in [0.29, 0.717) is 10.6 Å². The summed E-state index contributed by atoms with van der Waals surface area (Å²) in [7, 11) is 0. The first-order chi connectivity index (χ1) is 13.8. The fourth-order valence-electron chi connectivity index (χ4n) is 3.34. The van der Waals surface area contributed by atoms with Crippen molar-refractivity contribution < 1.29 is 22.8 Å². The maximum Gasteiger partial charge on any atom is 0.421 e. The van der Waals surface area contributed by atoms with Gasteiger partial charge in [-0.25, -0.2) is 0 Å². The topological polar surface area (TPSA) is 80.2 Å². The number of nitrogens with zero attached hydrogens (tertiary/aromatic N) is 1.